The van der Waals surface area contributed by atoms with E-state index in [0.29, 0.717) is 0 Å². The molecule has 0 aliphatic heterocycles. The first-order valence-corrected chi connectivity index (χ1v) is 24.5. The summed E-state index contributed by atoms with van der Waals surface area (Å²) in [5.41, 5.74) is 5.80. The van der Waals surface area contributed by atoms with Crippen molar-refractivity contribution >= 4 is 42.3 Å². The van der Waals surface area contributed by atoms with Gasteiger partial charge in [0.25, 0.3) is 0 Å². The topological polar surface area (TPSA) is 36.9 Å². The van der Waals surface area contributed by atoms with Crippen LogP contribution in [-0.2, 0) is 16.5 Å². The van der Waals surface area contributed by atoms with Crippen LogP contribution in [0.4, 0.5) is 0 Å². The fourth-order valence-electron chi connectivity index (χ4n) is 3.29. The van der Waals surface area contributed by atoms with Crippen LogP contribution in [0, 0.1) is 0 Å². The third-order valence-corrected chi connectivity index (χ3v) is 23.5. The Morgan fingerprint density at radius 3 is 1.59 bits per heavy atom. The Morgan fingerprint density at radius 2 is 1.14 bits per heavy atom. The van der Waals surface area contributed by atoms with Gasteiger partial charge in [0.15, 0.2) is 16.6 Å². The monoisotopic (exact) mass is 490 g/mol. The lowest BCUT2D eigenvalue weighted by Gasteiger charge is -2.43. The molecule has 0 fully saturated rings. The lowest BCUT2D eigenvalue weighted by molar-refractivity contribution is 0.298. The molecule has 0 rings (SSSR count). The zero-order valence-corrected chi connectivity index (χ0v) is 25.5. The first-order valence-electron chi connectivity index (χ1n) is 10.8. The van der Waals surface area contributed by atoms with Crippen LogP contribution in [0.2, 0.25) is 58.4 Å². The van der Waals surface area contributed by atoms with E-state index in [1.165, 1.54) is 19.3 Å². The molecule has 0 spiro atoms. The maximum absolute atomic E-state index is 6.81. The molecule has 0 heterocycles. The van der Waals surface area contributed by atoms with Crippen molar-refractivity contribution in [1.82, 2.24) is 0 Å². The van der Waals surface area contributed by atoms with Crippen molar-refractivity contribution in [3.63, 3.8) is 0 Å². The van der Waals surface area contributed by atoms with Crippen molar-refractivity contribution in [3.8, 4) is 0 Å². The Balaban J connectivity index is 5.50. The molecule has 0 aromatic carbocycles. The highest BCUT2D eigenvalue weighted by Crippen LogP contribution is 2.30. The first-order chi connectivity index (χ1) is 13.1. The standard InChI is InChI=1S/C20H46O4Si5/c1-13-17-18-19-20-29(12,22-26(7,8)15-3)24-27(9,10)23-28(11,16-4)21-25(5,6)14-2/h14-16H,2-4,13,17-20H2,1,5-12H3. The van der Waals surface area contributed by atoms with Gasteiger partial charge < -0.3 is 16.5 Å². The predicted molar refractivity (Wildman–Crippen MR) is 140 cm³/mol. The minimum atomic E-state index is -2.58. The van der Waals surface area contributed by atoms with Crippen LogP contribution >= 0.6 is 0 Å². The molecule has 0 aliphatic carbocycles. The van der Waals surface area contributed by atoms with Crippen LogP contribution < -0.4 is 0 Å². The molecule has 170 valence electrons. The summed E-state index contributed by atoms with van der Waals surface area (Å²) in [4.78, 5) is 0. The molecule has 9 heteroatoms. The lowest BCUT2D eigenvalue weighted by Crippen LogP contribution is -2.59. The van der Waals surface area contributed by atoms with Crippen molar-refractivity contribution in [2.45, 2.75) is 91.0 Å². The smallest absolute Gasteiger partial charge is 0.342 e. The SMILES string of the molecule is C=C[Si](C)(C)O[Si](C)(C=C)O[Si](C)(C)O[Si](C)(CCCCCC)O[Si](C)(C)C=C. The normalized spacial score (nSPS) is 17.3. The summed E-state index contributed by atoms with van der Waals surface area (Å²) in [5.74, 6) is 0. The highest BCUT2D eigenvalue weighted by atomic mass is 28.5. The second-order valence-corrected chi connectivity index (χ2v) is 28.1. The Labute approximate surface area is 186 Å². The average Bonchev–Trinajstić information content (AvgIpc) is 2.56. The van der Waals surface area contributed by atoms with Crippen molar-refractivity contribution in [1.29, 1.82) is 0 Å². The molecule has 0 aromatic heterocycles. The van der Waals surface area contributed by atoms with Crippen LogP contribution in [0.15, 0.2) is 36.8 Å². The van der Waals surface area contributed by atoms with E-state index in [1.807, 2.05) is 17.1 Å². The molecule has 0 aliphatic rings. The third-order valence-electron chi connectivity index (χ3n) is 4.69. The van der Waals surface area contributed by atoms with Crippen molar-refractivity contribution in [2.24, 2.45) is 0 Å². The molecule has 0 amide bonds. The Bertz CT molecular complexity index is 553. The Kier molecular flexibility index (Phi) is 11.7. The summed E-state index contributed by atoms with van der Waals surface area (Å²) in [6.45, 7) is 31.3. The van der Waals surface area contributed by atoms with Crippen LogP contribution in [0.3, 0.4) is 0 Å². The maximum Gasteiger partial charge on any atom is 0.342 e. The molecular formula is C20H46O4Si5. The van der Waals surface area contributed by atoms with Crippen LogP contribution in [0.1, 0.15) is 32.6 Å². The zero-order valence-electron chi connectivity index (χ0n) is 20.5. The number of unbranched alkanes of at least 4 members (excludes halogenated alkanes) is 3. The van der Waals surface area contributed by atoms with Gasteiger partial charge in [-0.15, -0.1) is 19.7 Å². The fraction of sp³-hybridized carbons (Fsp3) is 0.700. The van der Waals surface area contributed by atoms with E-state index in [4.69, 9.17) is 16.5 Å². The van der Waals surface area contributed by atoms with Crippen LogP contribution in [0.25, 0.3) is 0 Å². The zero-order chi connectivity index (χ0) is 23.0. The molecule has 0 radical (unpaired) electrons. The lowest BCUT2D eigenvalue weighted by atomic mass is 10.2. The number of hydrogen-bond donors (Lipinski definition) is 0. The van der Waals surface area contributed by atoms with Crippen LogP contribution in [-0.4, -0.2) is 42.3 Å². The average molecular weight is 491 g/mol. The second-order valence-electron chi connectivity index (χ2n) is 9.59. The molecule has 0 saturated carbocycles. The minimum Gasteiger partial charge on any atom is -0.433 e. The van der Waals surface area contributed by atoms with Gasteiger partial charge in [0.1, 0.15) is 0 Å². The van der Waals surface area contributed by atoms with Gasteiger partial charge in [0.05, 0.1) is 0 Å². The minimum absolute atomic E-state index is 0.983. The van der Waals surface area contributed by atoms with E-state index >= 15 is 0 Å². The summed E-state index contributed by atoms with van der Waals surface area (Å²) in [7, 11) is -11.5. The van der Waals surface area contributed by atoms with Gasteiger partial charge in [0, 0.05) is 0 Å². The summed E-state index contributed by atoms with van der Waals surface area (Å²) in [6, 6.07) is 0.983. The first kappa shape index (κ1) is 29.1. The summed E-state index contributed by atoms with van der Waals surface area (Å²) >= 11 is 0. The van der Waals surface area contributed by atoms with Gasteiger partial charge in [-0.2, -0.15) is 0 Å². The third kappa shape index (κ3) is 11.9. The molecule has 0 N–H and O–H groups in total. The second kappa shape index (κ2) is 11.7. The molecule has 0 aromatic rings. The molecule has 4 nitrogen and oxygen atoms in total. The van der Waals surface area contributed by atoms with Crippen LogP contribution in [0.5, 0.6) is 0 Å². The molecule has 2 unspecified atom stereocenters. The van der Waals surface area contributed by atoms with Gasteiger partial charge in [-0.05, 0) is 58.4 Å². The van der Waals surface area contributed by atoms with Crippen molar-refractivity contribution < 1.29 is 16.5 Å². The van der Waals surface area contributed by atoms with E-state index in [0.717, 1.165) is 12.5 Å². The molecule has 0 saturated heterocycles. The predicted octanol–water partition coefficient (Wildman–Crippen LogP) is 7.06. The van der Waals surface area contributed by atoms with E-state index in [9.17, 15) is 0 Å². The molecule has 2 atom stereocenters. The van der Waals surface area contributed by atoms with Gasteiger partial charge in [0.2, 0.25) is 0 Å². The highest BCUT2D eigenvalue weighted by molar-refractivity contribution is 6.93. The maximum atomic E-state index is 6.81. The molecular weight excluding hydrogens is 445 g/mol. The number of rotatable bonds is 16. The summed E-state index contributed by atoms with van der Waals surface area (Å²) in [5, 5.41) is 0. The van der Waals surface area contributed by atoms with Crippen molar-refractivity contribution in [2.75, 3.05) is 0 Å². The van der Waals surface area contributed by atoms with E-state index < -0.39 is 42.3 Å². The van der Waals surface area contributed by atoms with Crippen molar-refractivity contribution in [3.05, 3.63) is 36.8 Å². The van der Waals surface area contributed by atoms with E-state index in [-0.39, 0.29) is 0 Å². The number of hydrogen-bond acceptors (Lipinski definition) is 4. The quantitative estimate of drug-likeness (QED) is 0.171. The van der Waals surface area contributed by atoms with E-state index in [2.05, 4.69) is 79.0 Å². The largest absolute Gasteiger partial charge is 0.433 e. The summed E-state index contributed by atoms with van der Waals surface area (Å²) < 4.78 is 26.6. The fourth-order valence-corrected chi connectivity index (χ4v) is 24.7. The summed E-state index contributed by atoms with van der Waals surface area (Å²) in [6.07, 6.45) is 4.82. The molecule has 0 bridgehead atoms. The van der Waals surface area contributed by atoms with E-state index in [1.54, 1.807) is 0 Å². The van der Waals surface area contributed by atoms with Gasteiger partial charge in [-0.25, -0.2) is 0 Å². The van der Waals surface area contributed by atoms with Gasteiger partial charge in [-0.3, -0.25) is 0 Å². The highest BCUT2D eigenvalue weighted by Gasteiger charge is 2.47. The van der Waals surface area contributed by atoms with Gasteiger partial charge in [-0.1, -0.05) is 49.7 Å². The molecule has 29 heavy (non-hydrogen) atoms. The Hall–Kier alpha value is 0.144. The van der Waals surface area contributed by atoms with Gasteiger partial charge >= 0.3 is 25.7 Å². The Morgan fingerprint density at radius 1 is 0.621 bits per heavy atom.